The molecule has 0 radical (unpaired) electrons. The van der Waals surface area contributed by atoms with Gasteiger partial charge in [0.05, 0.1) is 0 Å². The van der Waals surface area contributed by atoms with Gasteiger partial charge in [-0.05, 0) is 36.6 Å². The largest absolute Gasteiger partial charge is 0.399 e. The maximum atomic E-state index is 8.76. The summed E-state index contributed by atoms with van der Waals surface area (Å²) in [7, 11) is 0. The van der Waals surface area contributed by atoms with Crippen LogP contribution in [-0.4, -0.2) is 11.7 Å². The molecule has 0 saturated heterocycles. The molecule has 12 heavy (non-hydrogen) atoms. The van der Waals surface area contributed by atoms with Gasteiger partial charge in [-0.2, -0.15) is 0 Å². The van der Waals surface area contributed by atoms with Gasteiger partial charge in [-0.3, -0.25) is 0 Å². The first kappa shape index (κ1) is 8.87. The van der Waals surface area contributed by atoms with E-state index in [4.69, 9.17) is 16.6 Å². The van der Waals surface area contributed by atoms with Crippen molar-refractivity contribution in [2.75, 3.05) is 18.1 Å². The van der Waals surface area contributed by atoms with Crippen LogP contribution in [0, 0.1) is 6.92 Å². The van der Waals surface area contributed by atoms with E-state index in [1.54, 1.807) is 12.1 Å². The molecule has 1 rings (SSSR count). The summed E-state index contributed by atoms with van der Waals surface area (Å²) < 4.78 is 0. The smallest absolute Gasteiger partial charge is 0.0472 e. The lowest BCUT2D eigenvalue weighted by atomic mass is 10.0. The molecule has 0 atom stereocenters. The zero-order valence-corrected chi connectivity index (χ0v) is 7.17. The van der Waals surface area contributed by atoms with Gasteiger partial charge in [-0.25, -0.2) is 0 Å². The van der Waals surface area contributed by atoms with E-state index >= 15 is 0 Å². The molecule has 0 fully saturated rings. The highest BCUT2D eigenvalue weighted by Gasteiger charge is 2.04. The van der Waals surface area contributed by atoms with Crippen LogP contribution in [0.1, 0.15) is 11.1 Å². The van der Waals surface area contributed by atoms with E-state index < -0.39 is 0 Å². The van der Waals surface area contributed by atoms with Crippen molar-refractivity contribution in [1.29, 1.82) is 0 Å². The first-order chi connectivity index (χ1) is 5.66. The van der Waals surface area contributed by atoms with Crippen LogP contribution in [-0.2, 0) is 6.42 Å². The van der Waals surface area contributed by atoms with Crippen molar-refractivity contribution in [2.45, 2.75) is 13.3 Å². The van der Waals surface area contributed by atoms with Gasteiger partial charge in [0.2, 0.25) is 0 Å². The van der Waals surface area contributed by atoms with Gasteiger partial charge in [0, 0.05) is 18.0 Å². The van der Waals surface area contributed by atoms with Crippen molar-refractivity contribution >= 4 is 11.4 Å². The predicted octanol–water partition coefficient (Wildman–Crippen LogP) is 0.694. The molecule has 0 unspecified atom stereocenters. The Balaban J connectivity index is 3.14. The Morgan fingerprint density at radius 1 is 1.25 bits per heavy atom. The zero-order valence-electron chi connectivity index (χ0n) is 7.17. The normalized spacial score (nSPS) is 10.2. The fraction of sp³-hybridized carbons (Fsp3) is 0.333. The molecule has 0 amide bonds. The van der Waals surface area contributed by atoms with Gasteiger partial charge in [0.15, 0.2) is 0 Å². The van der Waals surface area contributed by atoms with E-state index in [2.05, 4.69) is 0 Å². The van der Waals surface area contributed by atoms with Gasteiger partial charge in [0.25, 0.3) is 0 Å². The van der Waals surface area contributed by atoms with Gasteiger partial charge < -0.3 is 16.6 Å². The van der Waals surface area contributed by atoms with E-state index in [-0.39, 0.29) is 6.61 Å². The molecular formula is C9H14N2O. The Labute approximate surface area is 72.0 Å². The van der Waals surface area contributed by atoms with Crippen LogP contribution in [0.15, 0.2) is 12.1 Å². The minimum Gasteiger partial charge on any atom is -0.399 e. The number of anilines is 2. The molecule has 0 spiro atoms. The topological polar surface area (TPSA) is 72.3 Å². The van der Waals surface area contributed by atoms with Crippen LogP contribution in [0.4, 0.5) is 11.4 Å². The number of benzene rings is 1. The quantitative estimate of drug-likeness (QED) is 0.566. The molecule has 5 N–H and O–H groups in total. The molecule has 0 heterocycles. The summed E-state index contributed by atoms with van der Waals surface area (Å²) in [5.74, 6) is 0. The highest BCUT2D eigenvalue weighted by Crippen LogP contribution is 2.22. The van der Waals surface area contributed by atoms with E-state index in [9.17, 15) is 0 Å². The second-order valence-corrected chi connectivity index (χ2v) is 2.82. The summed E-state index contributed by atoms with van der Waals surface area (Å²) in [6.45, 7) is 2.02. The lowest BCUT2D eigenvalue weighted by Crippen LogP contribution is -2.03. The van der Waals surface area contributed by atoms with Crippen LogP contribution in [0.3, 0.4) is 0 Å². The molecule has 0 aliphatic heterocycles. The number of nitrogen functional groups attached to an aromatic ring is 2. The van der Waals surface area contributed by atoms with Crippen molar-refractivity contribution in [2.24, 2.45) is 0 Å². The van der Waals surface area contributed by atoms with Crippen molar-refractivity contribution in [3.05, 3.63) is 23.3 Å². The highest BCUT2D eigenvalue weighted by atomic mass is 16.2. The molecule has 0 aromatic heterocycles. The van der Waals surface area contributed by atoms with Crippen LogP contribution in [0.5, 0.6) is 0 Å². The Morgan fingerprint density at radius 3 is 2.42 bits per heavy atom. The van der Waals surface area contributed by atoms with Crippen molar-refractivity contribution in [1.82, 2.24) is 0 Å². The molecule has 0 aliphatic rings. The molecule has 0 bridgehead atoms. The first-order valence-corrected chi connectivity index (χ1v) is 3.91. The van der Waals surface area contributed by atoms with Crippen LogP contribution in [0.25, 0.3) is 0 Å². The molecule has 0 saturated carbocycles. The third-order valence-electron chi connectivity index (χ3n) is 2.04. The third-order valence-corrected chi connectivity index (χ3v) is 2.04. The maximum absolute atomic E-state index is 8.76. The molecule has 0 aliphatic carbocycles. The zero-order chi connectivity index (χ0) is 9.14. The van der Waals surface area contributed by atoms with Gasteiger partial charge in [0.1, 0.15) is 0 Å². The second kappa shape index (κ2) is 3.45. The minimum absolute atomic E-state index is 0.106. The van der Waals surface area contributed by atoms with Gasteiger partial charge >= 0.3 is 0 Å². The van der Waals surface area contributed by atoms with E-state index in [0.717, 1.165) is 16.8 Å². The van der Waals surface area contributed by atoms with Crippen LogP contribution < -0.4 is 11.5 Å². The molecule has 1 aromatic carbocycles. The average Bonchev–Trinajstić information content (AvgIpc) is 2.06. The van der Waals surface area contributed by atoms with E-state index in [1.807, 2.05) is 6.92 Å². The first-order valence-electron chi connectivity index (χ1n) is 3.91. The number of hydrogen-bond donors (Lipinski definition) is 3. The number of nitrogens with two attached hydrogens (primary N) is 2. The summed E-state index contributed by atoms with van der Waals surface area (Å²) >= 11 is 0. The molecule has 3 heteroatoms. The molecule has 1 aromatic rings. The molecule has 3 nitrogen and oxygen atoms in total. The Morgan fingerprint density at radius 2 is 1.83 bits per heavy atom. The third kappa shape index (κ3) is 1.51. The maximum Gasteiger partial charge on any atom is 0.0472 e. The van der Waals surface area contributed by atoms with Crippen LogP contribution >= 0.6 is 0 Å². The standard InChI is InChI=1S/C9H14N2O/c1-6-7(4-5-12)9(11)3-2-8(6)10/h2-3,12H,4-5,10-11H2,1H3. The predicted molar refractivity (Wildman–Crippen MR) is 50.8 cm³/mol. The SMILES string of the molecule is Cc1c(N)ccc(N)c1CCO. The highest BCUT2D eigenvalue weighted by molar-refractivity contribution is 5.61. The Bertz CT molecular complexity index is 284. The lowest BCUT2D eigenvalue weighted by molar-refractivity contribution is 0.299. The van der Waals surface area contributed by atoms with Crippen LogP contribution in [0.2, 0.25) is 0 Å². The van der Waals surface area contributed by atoms with Crippen molar-refractivity contribution in [3.63, 3.8) is 0 Å². The minimum atomic E-state index is 0.106. The number of aliphatic hydroxyl groups is 1. The fourth-order valence-corrected chi connectivity index (χ4v) is 1.24. The molecular weight excluding hydrogens is 152 g/mol. The van der Waals surface area contributed by atoms with Crippen molar-refractivity contribution < 1.29 is 5.11 Å². The van der Waals surface area contributed by atoms with Gasteiger partial charge in [-0.15, -0.1) is 0 Å². The Hall–Kier alpha value is -1.22. The summed E-state index contributed by atoms with van der Waals surface area (Å²) in [6.07, 6.45) is 0.572. The number of hydrogen-bond acceptors (Lipinski definition) is 3. The summed E-state index contributed by atoms with van der Waals surface area (Å²) in [5.41, 5.74) is 14.8. The van der Waals surface area contributed by atoms with E-state index in [0.29, 0.717) is 12.1 Å². The second-order valence-electron chi connectivity index (χ2n) is 2.82. The Kier molecular flexibility index (Phi) is 2.55. The van der Waals surface area contributed by atoms with E-state index in [1.165, 1.54) is 0 Å². The lowest BCUT2D eigenvalue weighted by Gasteiger charge is -2.09. The monoisotopic (exact) mass is 166 g/mol. The summed E-state index contributed by atoms with van der Waals surface area (Å²) in [4.78, 5) is 0. The molecule has 66 valence electrons. The van der Waals surface area contributed by atoms with Crippen molar-refractivity contribution in [3.8, 4) is 0 Å². The number of rotatable bonds is 2. The fourth-order valence-electron chi connectivity index (χ4n) is 1.24. The summed E-state index contributed by atoms with van der Waals surface area (Å²) in [6, 6.07) is 3.55. The summed E-state index contributed by atoms with van der Waals surface area (Å²) in [5, 5.41) is 8.76. The number of aliphatic hydroxyl groups excluding tert-OH is 1. The average molecular weight is 166 g/mol. The van der Waals surface area contributed by atoms with Gasteiger partial charge in [-0.1, -0.05) is 0 Å².